The van der Waals surface area contributed by atoms with Crippen LogP contribution in [0.3, 0.4) is 0 Å². The molecule has 1 atom stereocenters. The highest BCUT2D eigenvalue weighted by Crippen LogP contribution is 2.32. The van der Waals surface area contributed by atoms with Gasteiger partial charge >= 0.3 is 0 Å². The Hall–Kier alpha value is -3.04. The molecule has 1 amide bonds. The van der Waals surface area contributed by atoms with Crippen LogP contribution in [0, 0.1) is 0 Å². The monoisotopic (exact) mass is 441 g/mol. The van der Waals surface area contributed by atoms with E-state index >= 15 is 0 Å². The first-order valence-corrected chi connectivity index (χ1v) is 10.8. The molecule has 1 aliphatic rings. The van der Waals surface area contributed by atoms with Crippen molar-refractivity contribution < 1.29 is 19.0 Å². The smallest absolute Gasteiger partial charge is 0.262 e. The molecule has 0 spiro atoms. The summed E-state index contributed by atoms with van der Waals surface area (Å²) in [6.45, 7) is 3.10. The number of ether oxygens (including phenoxy) is 3. The number of nitrogens with one attached hydrogen (secondary N) is 1. The fraction of sp³-hybridized carbons (Fsp3) is 0.318. The number of benzene rings is 2. The van der Waals surface area contributed by atoms with Crippen molar-refractivity contribution in [3.05, 3.63) is 58.4 Å². The molecule has 2 heterocycles. The number of carbonyl (C=O) groups is 1. The Morgan fingerprint density at radius 2 is 2.06 bits per heavy atom. The number of methoxy groups -OCH3 is 1. The summed E-state index contributed by atoms with van der Waals surface area (Å²) in [6, 6.07) is 12.8. The number of fused-ring (bicyclic) bond motifs is 2. The zero-order valence-corrected chi connectivity index (χ0v) is 18.1. The lowest BCUT2D eigenvalue weighted by molar-refractivity contribution is -0.120. The van der Waals surface area contributed by atoms with Crippen molar-refractivity contribution in [1.82, 2.24) is 14.9 Å². The van der Waals surface area contributed by atoms with Crippen LogP contribution in [0.1, 0.15) is 12.5 Å². The molecule has 0 saturated heterocycles. The summed E-state index contributed by atoms with van der Waals surface area (Å²) >= 11 is 1.25. The van der Waals surface area contributed by atoms with E-state index in [1.807, 2.05) is 30.3 Å². The zero-order chi connectivity index (χ0) is 21.8. The predicted octanol–water partition coefficient (Wildman–Crippen LogP) is 2.57. The number of hydrogen-bond acceptors (Lipinski definition) is 7. The van der Waals surface area contributed by atoms with Crippen molar-refractivity contribution in [1.29, 1.82) is 0 Å². The van der Waals surface area contributed by atoms with Gasteiger partial charge in [0.25, 0.3) is 5.56 Å². The molecule has 0 saturated carbocycles. The molecular formula is C22H23N3O5S. The van der Waals surface area contributed by atoms with E-state index in [1.165, 1.54) is 11.8 Å². The lowest BCUT2D eigenvalue weighted by Gasteiger charge is -2.16. The second kappa shape index (κ2) is 9.40. The first-order valence-electron chi connectivity index (χ1n) is 9.88. The average Bonchev–Trinajstić information content (AvgIpc) is 3.25. The third-order valence-electron chi connectivity index (χ3n) is 4.90. The predicted molar refractivity (Wildman–Crippen MR) is 118 cm³/mol. The highest BCUT2D eigenvalue weighted by atomic mass is 32.2. The van der Waals surface area contributed by atoms with Gasteiger partial charge in [-0.2, -0.15) is 0 Å². The first-order chi connectivity index (χ1) is 15.1. The van der Waals surface area contributed by atoms with E-state index in [0.29, 0.717) is 47.3 Å². The van der Waals surface area contributed by atoms with E-state index in [9.17, 15) is 9.59 Å². The van der Waals surface area contributed by atoms with Crippen LogP contribution in [0.15, 0.2) is 52.4 Å². The number of hydrogen-bond donors (Lipinski definition) is 1. The SMILES string of the molecule is COCCn1c(SC(C)C(=O)NCc2ccc3c(c2)OCO3)nc2ccccc2c1=O. The van der Waals surface area contributed by atoms with Gasteiger partial charge in [0.2, 0.25) is 12.7 Å². The van der Waals surface area contributed by atoms with Crippen molar-refractivity contribution in [2.75, 3.05) is 20.5 Å². The minimum Gasteiger partial charge on any atom is -0.454 e. The van der Waals surface area contributed by atoms with Gasteiger partial charge in [-0.05, 0) is 36.8 Å². The summed E-state index contributed by atoms with van der Waals surface area (Å²) in [5, 5.41) is 3.52. The highest BCUT2D eigenvalue weighted by molar-refractivity contribution is 8.00. The molecule has 162 valence electrons. The van der Waals surface area contributed by atoms with Gasteiger partial charge in [0.05, 0.1) is 29.3 Å². The van der Waals surface area contributed by atoms with Gasteiger partial charge in [0, 0.05) is 13.7 Å². The number of thioether (sulfide) groups is 1. The molecule has 1 aromatic heterocycles. The van der Waals surface area contributed by atoms with Gasteiger partial charge in [0.1, 0.15) is 0 Å². The Kier molecular flexibility index (Phi) is 6.43. The Balaban J connectivity index is 1.48. The summed E-state index contributed by atoms with van der Waals surface area (Å²) in [4.78, 5) is 30.3. The van der Waals surface area contributed by atoms with E-state index in [2.05, 4.69) is 10.3 Å². The van der Waals surface area contributed by atoms with E-state index in [0.717, 1.165) is 5.56 Å². The second-order valence-corrected chi connectivity index (χ2v) is 8.33. The summed E-state index contributed by atoms with van der Waals surface area (Å²) in [5.41, 5.74) is 1.38. The largest absolute Gasteiger partial charge is 0.454 e. The van der Waals surface area contributed by atoms with Gasteiger partial charge in [-0.1, -0.05) is 30.0 Å². The second-order valence-electron chi connectivity index (χ2n) is 7.03. The Labute approximate surface area is 183 Å². The molecule has 2 aromatic carbocycles. The normalized spacial score (nSPS) is 13.4. The van der Waals surface area contributed by atoms with Gasteiger partial charge in [-0.3, -0.25) is 14.2 Å². The van der Waals surface area contributed by atoms with Gasteiger partial charge in [0.15, 0.2) is 16.7 Å². The third kappa shape index (κ3) is 4.67. The van der Waals surface area contributed by atoms with Crippen LogP contribution in [0.4, 0.5) is 0 Å². The minimum atomic E-state index is -0.448. The molecule has 0 aliphatic carbocycles. The van der Waals surface area contributed by atoms with Gasteiger partial charge in [-0.25, -0.2) is 4.98 Å². The van der Waals surface area contributed by atoms with E-state index < -0.39 is 5.25 Å². The van der Waals surface area contributed by atoms with Gasteiger partial charge < -0.3 is 19.5 Å². The van der Waals surface area contributed by atoms with Crippen LogP contribution in [0.25, 0.3) is 10.9 Å². The summed E-state index contributed by atoms with van der Waals surface area (Å²) < 4.78 is 17.4. The lowest BCUT2D eigenvalue weighted by atomic mass is 10.2. The Morgan fingerprint density at radius 3 is 2.90 bits per heavy atom. The fourth-order valence-corrected chi connectivity index (χ4v) is 4.17. The van der Waals surface area contributed by atoms with Gasteiger partial charge in [-0.15, -0.1) is 0 Å². The number of para-hydroxylation sites is 1. The molecule has 1 N–H and O–H groups in total. The van der Waals surface area contributed by atoms with Crippen LogP contribution in [0.5, 0.6) is 11.5 Å². The maximum Gasteiger partial charge on any atom is 0.262 e. The standard InChI is InChI=1S/C22H23N3O5S/c1-14(20(26)23-12-15-7-8-18-19(11-15)30-13-29-18)31-22-24-17-6-4-3-5-16(17)21(27)25(22)9-10-28-2/h3-8,11,14H,9-10,12-13H2,1-2H3,(H,23,26). The quantitative estimate of drug-likeness (QED) is 0.424. The van der Waals surface area contributed by atoms with Crippen molar-refractivity contribution in [3.63, 3.8) is 0 Å². The number of rotatable bonds is 8. The van der Waals surface area contributed by atoms with Crippen LogP contribution in [0.2, 0.25) is 0 Å². The molecule has 0 radical (unpaired) electrons. The molecule has 4 rings (SSSR count). The molecular weight excluding hydrogens is 418 g/mol. The number of carbonyl (C=O) groups excluding carboxylic acids is 1. The topological polar surface area (TPSA) is 91.7 Å². The van der Waals surface area contributed by atoms with Crippen LogP contribution < -0.4 is 20.3 Å². The van der Waals surface area contributed by atoms with E-state index in [4.69, 9.17) is 14.2 Å². The third-order valence-corrected chi connectivity index (χ3v) is 5.99. The minimum absolute atomic E-state index is 0.141. The van der Waals surface area contributed by atoms with Crippen molar-refractivity contribution in [3.8, 4) is 11.5 Å². The Bertz CT molecular complexity index is 1160. The van der Waals surface area contributed by atoms with Crippen LogP contribution >= 0.6 is 11.8 Å². The molecule has 3 aromatic rings. The van der Waals surface area contributed by atoms with E-state index in [-0.39, 0.29) is 18.3 Å². The van der Waals surface area contributed by atoms with Crippen LogP contribution in [-0.2, 0) is 22.6 Å². The van der Waals surface area contributed by atoms with Crippen LogP contribution in [-0.4, -0.2) is 41.2 Å². The molecule has 9 heteroatoms. The molecule has 1 unspecified atom stereocenters. The summed E-state index contributed by atoms with van der Waals surface area (Å²) in [5.74, 6) is 1.23. The van der Waals surface area contributed by atoms with Crippen molar-refractivity contribution >= 4 is 28.6 Å². The fourth-order valence-electron chi connectivity index (χ4n) is 3.21. The average molecular weight is 442 g/mol. The maximum atomic E-state index is 12.9. The molecule has 1 aliphatic heterocycles. The van der Waals surface area contributed by atoms with Crippen molar-refractivity contribution in [2.24, 2.45) is 0 Å². The molecule has 31 heavy (non-hydrogen) atoms. The maximum absolute atomic E-state index is 12.9. The number of aromatic nitrogens is 2. The first kappa shape index (κ1) is 21.2. The lowest BCUT2D eigenvalue weighted by Crippen LogP contribution is -2.32. The zero-order valence-electron chi connectivity index (χ0n) is 17.3. The Morgan fingerprint density at radius 1 is 1.26 bits per heavy atom. The summed E-state index contributed by atoms with van der Waals surface area (Å²) in [6.07, 6.45) is 0. The molecule has 0 bridgehead atoms. The molecule has 8 nitrogen and oxygen atoms in total. The van der Waals surface area contributed by atoms with Crippen molar-refractivity contribution in [2.45, 2.75) is 30.4 Å². The number of nitrogens with zero attached hydrogens (tertiary/aromatic N) is 2. The van der Waals surface area contributed by atoms with E-state index in [1.54, 1.807) is 30.7 Å². The summed E-state index contributed by atoms with van der Waals surface area (Å²) in [7, 11) is 1.58. The highest BCUT2D eigenvalue weighted by Gasteiger charge is 2.20. The number of amides is 1. The molecule has 0 fully saturated rings.